The van der Waals surface area contributed by atoms with Crippen LogP contribution in [0.15, 0.2) is 34.7 Å². The molecule has 0 aliphatic rings. The highest BCUT2D eigenvalue weighted by Crippen LogP contribution is 2.15. The van der Waals surface area contributed by atoms with Crippen LogP contribution in [0, 0.1) is 6.92 Å². The second-order valence-electron chi connectivity index (χ2n) is 4.61. The van der Waals surface area contributed by atoms with E-state index in [0.717, 1.165) is 29.2 Å². The molecule has 0 aliphatic carbocycles. The first-order valence-electron chi connectivity index (χ1n) is 6.71. The second-order valence-corrected chi connectivity index (χ2v) is 7.32. The number of sulfonamides is 1. The zero-order chi connectivity index (χ0) is 15.3. The maximum Gasteiger partial charge on any atom is 0.240 e. The minimum absolute atomic E-state index is 0.276. The molecular formula is C14H19N3O2S2. The summed E-state index contributed by atoms with van der Waals surface area (Å²) in [6.45, 7) is 5.80. The van der Waals surface area contributed by atoms with Crippen LogP contribution in [0.3, 0.4) is 0 Å². The average molecular weight is 325 g/mol. The van der Waals surface area contributed by atoms with Gasteiger partial charge in [0.2, 0.25) is 10.0 Å². The van der Waals surface area contributed by atoms with E-state index in [-0.39, 0.29) is 11.4 Å². The first-order valence-corrected chi connectivity index (χ1v) is 9.07. The van der Waals surface area contributed by atoms with Crippen LogP contribution < -0.4 is 10.0 Å². The highest BCUT2D eigenvalue weighted by atomic mass is 32.2. The molecule has 1 heterocycles. The standard InChI is InChI=1S/C14H19N3O2S2/c1-3-15-8-12-4-6-13(7-5-12)21(18,19)17-9-14-11(2)16-10-20-14/h4-7,10,15,17H,3,8-9H2,1-2H3. The van der Waals surface area contributed by atoms with E-state index in [4.69, 9.17) is 0 Å². The molecule has 0 saturated carbocycles. The Balaban J connectivity index is 2.03. The second kappa shape index (κ2) is 7.13. The predicted octanol–water partition coefficient (Wildman–Crippen LogP) is 2.04. The van der Waals surface area contributed by atoms with E-state index in [1.54, 1.807) is 17.6 Å². The van der Waals surface area contributed by atoms with E-state index in [0.29, 0.717) is 0 Å². The van der Waals surface area contributed by atoms with Gasteiger partial charge in [-0.25, -0.2) is 18.1 Å². The molecule has 114 valence electrons. The number of aromatic nitrogens is 1. The highest BCUT2D eigenvalue weighted by Gasteiger charge is 2.14. The molecule has 0 atom stereocenters. The molecule has 0 amide bonds. The lowest BCUT2D eigenvalue weighted by molar-refractivity contribution is 0.581. The molecule has 0 unspecified atom stereocenters. The number of hydrogen-bond acceptors (Lipinski definition) is 5. The van der Waals surface area contributed by atoms with E-state index < -0.39 is 10.0 Å². The molecule has 2 rings (SSSR count). The van der Waals surface area contributed by atoms with Crippen molar-refractivity contribution in [3.8, 4) is 0 Å². The minimum atomic E-state index is -3.48. The first-order chi connectivity index (χ1) is 10.0. The summed E-state index contributed by atoms with van der Waals surface area (Å²) in [6.07, 6.45) is 0. The third kappa shape index (κ3) is 4.34. The fourth-order valence-corrected chi connectivity index (χ4v) is 3.60. The molecule has 0 fully saturated rings. The molecule has 0 bridgehead atoms. The van der Waals surface area contributed by atoms with Crippen molar-refractivity contribution in [3.05, 3.63) is 45.9 Å². The molecule has 7 heteroatoms. The average Bonchev–Trinajstić information content (AvgIpc) is 2.89. The van der Waals surface area contributed by atoms with Crippen LogP contribution in [0.5, 0.6) is 0 Å². The van der Waals surface area contributed by atoms with Crippen molar-refractivity contribution < 1.29 is 8.42 Å². The van der Waals surface area contributed by atoms with Gasteiger partial charge in [-0.2, -0.15) is 0 Å². The Labute approximate surface area is 129 Å². The lowest BCUT2D eigenvalue weighted by Gasteiger charge is -2.07. The third-order valence-corrected chi connectivity index (χ3v) is 5.43. The van der Waals surface area contributed by atoms with Gasteiger partial charge in [-0.1, -0.05) is 19.1 Å². The van der Waals surface area contributed by atoms with Gasteiger partial charge in [0.1, 0.15) is 0 Å². The number of hydrogen-bond donors (Lipinski definition) is 2. The van der Waals surface area contributed by atoms with Crippen LogP contribution in [0.1, 0.15) is 23.1 Å². The maximum absolute atomic E-state index is 12.2. The summed E-state index contributed by atoms with van der Waals surface area (Å²) in [5, 5.41) is 3.20. The van der Waals surface area contributed by atoms with Gasteiger partial charge in [0.05, 0.1) is 16.1 Å². The summed E-state index contributed by atoms with van der Waals surface area (Å²) in [6, 6.07) is 6.92. The number of thiazole rings is 1. The normalized spacial score (nSPS) is 11.7. The van der Waals surface area contributed by atoms with Gasteiger partial charge in [-0.15, -0.1) is 11.3 Å². The molecule has 2 N–H and O–H groups in total. The van der Waals surface area contributed by atoms with Crippen molar-refractivity contribution >= 4 is 21.4 Å². The molecule has 5 nitrogen and oxygen atoms in total. The lowest BCUT2D eigenvalue weighted by atomic mass is 10.2. The van der Waals surface area contributed by atoms with Crippen LogP contribution in [-0.2, 0) is 23.1 Å². The van der Waals surface area contributed by atoms with Crippen LogP contribution in [0.4, 0.5) is 0 Å². The molecule has 0 saturated heterocycles. The molecule has 2 aromatic rings. The number of rotatable bonds is 7. The van der Waals surface area contributed by atoms with Crippen LogP contribution in [0.25, 0.3) is 0 Å². The van der Waals surface area contributed by atoms with Crippen LogP contribution >= 0.6 is 11.3 Å². The minimum Gasteiger partial charge on any atom is -0.313 e. The Bertz CT molecular complexity index is 678. The SMILES string of the molecule is CCNCc1ccc(S(=O)(=O)NCc2scnc2C)cc1. The quantitative estimate of drug-likeness (QED) is 0.817. The summed E-state index contributed by atoms with van der Waals surface area (Å²) < 4.78 is 27.1. The number of benzene rings is 1. The van der Waals surface area contributed by atoms with Crippen molar-refractivity contribution in [2.24, 2.45) is 0 Å². The van der Waals surface area contributed by atoms with Crippen LogP contribution in [-0.4, -0.2) is 19.9 Å². The molecular weight excluding hydrogens is 306 g/mol. The Hall–Kier alpha value is -1.28. The molecule has 1 aromatic heterocycles. The van der Waals surface area contributed by atoms with Gasteiger partial charge in [0.25, 0.3) is 0 Å². The fraction of sp³-hybridized carbons (Fsp3) is 0.357. The van der Waals surface area contributed by atoms with Gasteiger partial charge in [-0.3, -0.25) is 0 Å². The predicted molar refractivity (Wildman–Crippen MR) is 84.7 cm³/mol. The van der Waals surface area contributed by atoms with Gasteiger partial charge in [0.15, 0.2) is 0 Å². The van der Waals surface area contributed by atoms with Crippen molar-refractivity contribution in [2.45, 2.75) is 31.8 Å². The summed E-state index contributed by atoms with van der Waals surface area (Å²) >= 11 is 1.45. The van der Waals surface area contributed by atoms with Crippen molar-refractivity contribution in [1.29, 1.82) is 0 Å². The molecule has 0 aliphatic heterocycles. The number of nitrogens with one attached hydrogen (secondary N) is 2. The Morgan fingerprint density at radius 2 is 1.90 bits per heavy atom. The summed E-state index contributed by atoms with van der Waals surface area (Å²) in [5.74, 6) is 0. The number of aryl methyl sites for hydroxylation is 1. The van der Waals surface area contributed by atoms with Gasteiger partial charge < -0.3 is 5.32 Å². The van der Waals surface area contributed by atoms with E-state index in [1.807, 2.05) is 26.0 Å². The first kappa shape index (κ1) is 16.1. The summed E-state index contributed by atoms with van der Waals surface area (Å²) in [7, 11) is -3.48. The topological polar surface area (TPSA) is 71.1 Å². The molecule has 1 aromatic carbocycles. The Kier molecular flexibility index (Phi) is 5.46. The van der Waals surface area contributed by atoms with Crippen molar-refractivity contribution in [3.63, 3.8) is 0 Å². The van der Waals surface area contributed by atoms with Crippen molar-refractivity contribution in [1.82, 2.24) is 15.0 Å². The monoisotopic (exact) mass is 325 g/mol. The number of nitrogens with zero attached hydrogens (tertiary/aromatic N) is 1. The highest BCUT2D eigenvalue weighted by molar-refractivity contribution is 7.89. The van der Waals surface area contributed by atoms with Crippen molar-refractivity contribution in [2.75, 3.05) is 6.54 Å². The molecule has 0 spiro atoms. The largest absolute Gasteiger partial charge is 0.313 e. The molecule has 21 heavy (non-hydrogen) atoms. The van der Waals surface area contributed by atoms with E-state index in [2.05, 4.69) is 15.0 Å². The van der Waals surface area contributed by atoms with E-state index >= 15 is 0 Å². The Morgan fingerprint density at radius 1 is 1.19 bits per heavy atom. The molecule has 0 radical (unpaired) electrons. The van der Waals surface area contributed by atoms with Gasteiger partial charge >= 0.3 is 0 Å². The Morgan fingerprint density at radius 3 is 2.48 bits per heavy atom. The zero-order valence-electron chi connectivity index (χ0n) is 12.1. The van der Waals surface area contributed by atoms with Crippen LogP contribution in [0.2, 0.25) is 0 Å². The zero-order valence-corrected chi connectivity index (χ0v) is 13.7. The van der Waals surface area contributed by atoms with E-state index in [1.165, 1.54) is 11.3 Å². The summed E-state index contributed by atoms with van der Waals surface area (Å²) in [4.78, 5) is 5.32. The van der Waals surface area contributed by atoms with Gasteiger partial charge in [-0.05, 0) is 31.2 Å². The smallest absolute Gasteiger partial charge is 0.240 e. The van der Waals surface area contributed by atoms with Gasteiger partial charge in [0, 0.05) is 18.0 Å². The summed E-state index contributed by atoms with van der Waals surface area (Å²) in [5.41, 5.74) is 3.65. The lowest BCUT2D eigenvalue weighted by Crippen LogP contribution is -2.23. The third-order valence-electron chi connectivity index (χ3n) is 3.08. The van der Waals surface area contributed by atoms with E-state index in [9.17, 15) is 8.42 Å². The maximum atomic E-state index is 12.2. The fourth-order valence-electron chi connectivity index (χ4n) is 1.80.